The van der Waals surface area contributed by atoms with E-state index in [0.29, 0.717) is 24.1 Å². The molecule has 0 saturated carbocycles. The molecule has 0 aromatic rings. The predicted octanol–water partition coefficient (Wildman–Crippen LogP) is 12.2. The Kier molecular flexibility index (Phi) is 35.9. The molecule has 0 rings (SSSR count). The van der Waals surface area contributed by atoms with Gasteiger partial charge in [-0.1, -0.05) is 152 Å². The number of likely N-dealkylation sites (N-methyl/N-ethyl adjacent to an activating group) is 1. The third-order valence-electron chi connectivity index (χ3n) is 8.59. The summed E-state index contributed by atoms with van der Waals surface area (Å²) in [5.41, 5.74) is 0. The molecule has 0 aliphatic heterocycles. The molecule has 8 nitrogen and oxygen atoms in total. The van der Waals surface area contributed by atoms with Crippen molar-refractivity contribution in [3.05, 3.63) is 60.8 Å². The average Bonchev–Trinajstić information content (AvgIpc) is 3.11. The summed E-state index contributed by atoms with van der Waals surface area (Å²) >= 11 is 0. The van der Waals surface area contributed by atoms with E-state index in [1.54, 1.807) is 0 Å². The summed E-state index contributed by atoms with van der Waals surface area (Å²) in [6, 6.07) is 0. The molecule has 0 radical (unpaired) electrons. The van der Waals surface area contributed by atoms with Crippen LogP contribution in [0.5, 0.6) is 0 Å². The van der Waals surface area contributed by atoms with Crippen LogP contribution in [0.25, 0.3) is 0 Å². The minimum atomic E-state index is -4.26. The zero-order valence-electron chi connectivity index (χ0n) is 34.7. The first-order valence-electron chi connectivity index (χ1n) is 21.0. The number of carbonyl (C=O) groups is 1. The number of hydrogen-bond donors (Lipinski definition) is 1. The summed E-state index contributed by atoms with van der Waals surface area (Å²) in [5.74, 6) is -0.331. The van der Waals surface area contributed by atoms with Gasteiger partial charge in [0.2, 0.25) is 0 Å². The number of nitrogens with zero attached hydrogens (tertiary/aromatic N) is 1. The number of phosphoric ester groups is 1. The summed E-state index contributed by atoms with van der Waals surface area (Å²) in [6.07, 6.45) is 45.9. The van der Waals surface area contributed by atoms with E-state index in [1.807, 2.05) is 21.1 Å². The fourth-order valence-electron chi connectivity index (χ4n) is 5.34. The highest BCUT2D eigenvalue weighted by atomic mass is 31.2. The molecule has 2 unspecified atom stereocenters. The third kappa shape index (κ3) is 41.2. The Balaban J connectivity index is 3.96. The van der Waals surface area contributed by atoms with E-state index >= 15 is 0 Å². The standard InChI is InChI=1S/C44H80NO7P/c1-6-8-10-12-13-14-15-16-17-18-19-20-21-22-23-24-25-26-27-28-29-30-31-32-34-36-39-49-41-43(52-44(46)37-35-33-11-9-7-2)42-51-53(47,48)50-40-38-45(3,4)5/h8,10,13-14,16-17,19-20,22-23,43H,6-7,9,11-12,15,18,21,24-42H2,1-5H3/p+1/b10-8-,14-13-,17-16-,20-19-,23-22-. The second kappa shape index (κ2) is 37.1. The molecule has 0 spiro atoms. The maximum Gasteiger partial charge on any atom is 0.472 e. The van der Waals surface area contributed by atoms with Crippen molar-refractivity contribution in [2.75, 3.05) is 54.1 Å². The minimum Gasteiger partial charge on any atom is -0.457 e. The van der Waals surface area contributed by atoms with Gasteiger partial charge in [0, 0.05) is 13.0 Å². The number of unbranched alkanes of at least 4 members (excludes halogenated alkanes) is 14. The Morgan fingerprint density at radius 3 is 1.64 bits per heavy atom. The number of rotatable bonds is 38. The maximum absolute atomic E-state index is 12.4. The highest BCUT2D eigenvalue weighted by Gasteiger charge is 2.26. The largest absolute Gasteiger partial charge is 0.472 e. The van der Waals surface area contributed by atoms with Gasteiger partial charge in [-0.05, 0) is 57.8 Å². The lowest BCUT2D eigenvalue weighted by Gasteiger charge is -2.24. The van der Waals surface area contributed by atoms with Gasteiger partial charge in [-0.3, -0.25) is 13.8 Å². The molecule has 0 bridgehead atoms. The second-order valence-corrected chi connectivity index (χ2v) is 16.4. The molecule has 1 N–H and O–H groups in total. The predicted molar refractivity (Wildman–Crippen MR) is 224 cm³/mol. The number of ether oxygens (including phenoxy) is 2. The normalized spacial score (nSPS) is 14.5. The van der Waals surface area contributed by atoms with Crippen molar-refractivity contribution in [1.82, 2.24) is 0 Å². The Bertz CT molecular complexity index is 1030. The molecule has 0 aromatic heterocycles. The van der Waals surface area contributed by atoms with Crippen molar-refractivity contribution in [2.45, 2.75) is 161 Å². The summed E-state index contributed by atoms with van der Waals surface area (Å²) in [7, 11) is 1.65. The summed E-state index contributed by atoms with van der Waals surface area (Å²) in [4.78, 5) is 22.6. The van der Waals surface area contributed by atoms with E-state index in [1.165, 1.54) is 57.8 Å². The van der Waals surface area contributed by atoms with Gasteiger partial charge in [0.05, 0.1) is 34.4 Å². The quantitative estimate of drug-likeness (QED) is 0.0220. The summed E-state index contributed by atoms with van der Waals surface area (Å²) < 4.78 is 34.7. The highest BCUT2D eigenvalue weighted by molar-refractivity contribution is 7.47. The average molecular weight is 767 g/mol. The fraction of sp³-hybridized carbons (Fsp3) is 0.750. The fourth-order valence-corrected chi connectivity index (χ4v) is 6.08. The van der Waals surface area contributed by atoms with Gasteiger partial charge in [-0.25, -0.2) is 4.57 Å². The molecule has 53 heavy (non-hydrogen) atoms. The first-order valence-corrected chi connectivity index (χ1v) is 22.5. The molecule has 0 saturated heterocycles. The lowest BCUT2D eigenvalue weighted by molar-refractivity contribution is -0.870. The van der Waals surface area contributed by atoms with Crippen molar-refractivity contribution in [1.29, 1.82) is 0 Å². The third-order valence-corrected chi connectivity index (χ3v) is 9.58. The van der Waals surface area contributed by atoms with Crippen LogP contribution in [0.2, 0.25) is 0 Å². The van der Waals surface area contributed by atoms with E-state index in [-0.39, 0.29) is 25.8 Å². The van der Waals surface area contributed by atoms with Crippen LogP contribution in [-0.2, 0) is 27.9 Å². The van der Waals surface area contributed by atoms with Crippen LogP contribution in [0.4, 0.5) is 0 Å². The van der Waals surface area contributed by atoms with Crippen LogP contribution in [0.3, 0.4) is 0 Å². The van der Waals surface area contributed by atoms with E-state index in [4.69, 9.17) is 18.5 Å². The first-order chi connectivity index (χ1) is 25.6. The number of carbonyl (C=O) groups excluding carboxylic acids is 1. The van der Waals surface area contributed by atoms with Crippen molar-refractivity contribution in [3.8, 4) is 0 Å². The molecule has 0 fully saturated rings. The number of hydrogen-bond acceptors (Lipinski definition) is 6. The molecule has 0 aliphatic rings. The summed E-state index contributed by atoms with van der Waals surface area (Å²) in [5, 5.41) is 0. The van der Waals surface area contributed by atoms with Crippen molar-refractivity contribution >= 4 is 13.8 Å². The van der Waals surface area contributed by atoms with Crippen LogP contribution in [0, 0.1) is 0 Å². The molecular weight excluding hydrogens is 685 g/mol. The van der Waals surface area contributed by atoms with E-state index < -0.39 is 13.9 Å². The Morgan fingerprint density at radius 1 is 0.604 bits per heavy atom. The van der Waals surface area contributed by atoms with Gasteiger partial charge in [-0.15, -0.1) is 0 Å². The first kappa shape index (κ1) is 51.2. The van der Waals surface area contributed by atoms with Crippen LogP contribution in [0.1, 0.15) is 155 Å². The van der Waals surface area contributed by atoms with Gasteiger partial charge in [0.15, 0.2) is 0 Å². The topological polar surface area (TPSA) is 91.3 Å². The molecule has 0 aliphatic carbocycles. The maximum atomic E-state index is 12.4. The molecule has 2 atom stereocenters. The Labute approximate surface area is 326 Å². The zero-order valence-corrected chi connectivity index (χ0v) is 35.6. The molecule has 308 valence electrons. The number of phosphoric acid groups is 1. The van der Waals surface area contributed by atoms with Crippen LogP contribution in [-0.4, -0.2) is 75.6 Å². The molecule has 0 heterocycles. The molecule has 9 heteroatoms. The van der Waals surface area contributed by atoms with Gasteiger partial charge in [0.1, 0.15) is 19.3 Å². The van der Waals surface area contributed by atoms with Crippen molar-refractivity contribution in [2.24, 2.45) is 0 Å². The Morgan fingerprint density at radius 2 is 1.09 bits per heavy atom. The van der Waals surface area contributed by atoms with Crippen molar-refractivity contribution < 1.29 is 37.3 Å². The highest BCUT2D eigenvalue weighted by Crippen LogP contribution is 2.43. The zero-order chi connectivity index (χ0) is 39.1. The molecular formula is C44H81NO7P+. The van der Waals surface area contributed by atoms with E-state index in [2.05, 4.69) is 74.6 Å². The lowest BCUT2D eigenvalue weighted by Crippen LogP contribution is -2.37. The number of quaternary nitrogens is 1. The van der Waals surface area contributed by atoms with Gasteiger partial charge < -0.3 is 18.9 Å². The van der Waals surface area contributed by atoms with Gasteiger partial charge >= 0.3 is 13.8 Å². The van der Waals surface area contributed by atoms with Gasteiger partial charge in [0.25, 0.3) is 0 Å². The Hall–Kier alpha value is -1.80. The number of allylic oxidation sites excluding steroid dienone is 10. The van der Waals surface area contributed by atoms with Crippen LogP contribution in [0.15, 0.2) is 60.8 Å². The number of esters is 1. The second-order valence-electron chi connectivity index (χ2n) is 15.0. The lowest BCUT2D eigenvalue weighted by atomic mass is 10.1. The van der Waals surface area contributed by atoms with E-state index in [0.717, 1.165) is 77.0 Å². The van der Waals surface area contributed by atoms with Crippen LogP contribution >= 0.6 is 7.82 Å². The van der Waals surface area contributed by atoms with Crippen molar-refractivity contribution in [3.63, 3.8) is 0 Å². The smallest absolute Gasteiger partial charge is 0.457 e. The SMILES string of the molecule is CC/C=C\C/C=C\C/C=C\C/C=C\C/C=C\CCCCCCCCCCCCOCC(COP(=O)(O)OCC[N+](C)(C)C)OC(=O)CCCCCCC. The monoisotopic (exact) mass is 767 g/mol. The molecule has 0 amide bonds. The van der Waals surface area contributed by atoms with Crippen LogP contribution < -0.4 is 0 Å². The van der Waals surface area contributed by atoms with Gasteiger partial charge in [-0.2, -0.15) is 0 Å². The minimum absolute atomic E-state index is 0.0857. The van der Waals surface area contributed by atoms with E-state index in [9.17, 15) is 14.3 Å². The summed E-state index contributed by atoms with van der Waals surface area (Å²) in [6.45, 7) is 5.39. The molecule has 0 aromatic carbocycles.